The Morgan fingerprint density at radius 1 is 1.33 bits per heavy atom. The van der Waals surface area contributed by atoms with Gasteiger partial charge in [-0.15, -0.1) is 0 Å². The molecule has 0 unspecified atom stereocenters. The van der Waals surface area contributed by atoms with Gasteiger partial charge in [0.1, 0.15) is 0 Å². The molecule has 1 rings (SSSR count). The molecule has 118 valence electrons. The molecule has 1 N–H and O–H groups in total. The maximum absolute atomic E-state index is 11.9. The van der Waals surface area contributed by atoms with Crippen molar-refractivity contribution >= 4 is 44.8 Å². The summed E-state index contributed by atoms with van der Waals surface area (Å²) in [7, 11) is -3.56. The normalized spacial score (nSPS) is 11.2. The van der Waals surface area contributed by atoms with Crippen LogP contribution in [-0.4, -0.2) is 33.7 Å². The van der Waals surface area contributed by atoms with E-state index in [1.54, 1.807) is 6.07 Å². The van der Waals surface area contributed by atoms with Crippen LogP contribution in [0.1, 0.15) is 19.8 Å². The van der Waals surface area contributed by atoms with Crippen LogP contribution in [0, 0.1) is 0 Å². The van der Waals surface area contributed by atoms with E-state index in [4.69, 9.17) is 23.2 Å². The van der Waals surface area contributed by atoms with Crippen LogP contribution >= 0.6 is 23.2 Å². The minimum absolute atomic E-state index is 0.00838. The fourth-order valence-electron chi connectivity index (χ4n) is 1.70. The van der Waals surface area contributed by atoms with Crippen molar-refractivity contribution in [1.82, 2.24) is 5.32 Å². The van der Waals surface area contributed by atoms with Gasteiger partial charge in [0.25, 0.3) is 0 Å². The van der Waals surface area contributed by atoms with E-state index in [2.05, 4.69) is 5.32 Å². The van der Waals surface area contributed by atoms with Crippen LogP contribution in [-0.2, 0) is 14.8 Å². The predicted octanol–water partition coefficient (Wildman–Crippen LogP) is 2.68. The smallest absolute Gasteiger partial charge is 0.232 e. The van der Waals surface area contributed by atoms with E-state index < -0.39 is 10.0 Å². The van der Waals surface area contributed by atoms with Crippen molar-refractivity contribution < 1.29 is 13.2 Å². The first kappa shape index (κ1) is 18.1. The molecule has 0 aliphatic carbocycles. The molecule has 0 bridgehead atoms. The number of hydrogen-bond donors (Lipinski definition) is 1. The molecule has 1 aromatic rings. The molecule has 0 aliphatic heterocycles. The summed E-state index contributed by atoms with van der Waals surface area (Å²) < 4.78 is 24.9. The number of amides is 1. The van der Waals surface area contributed by atoms with Crippen LogP contribution in [0.15, 0.2) is 18.2 Å². The number of anilines is 1. The van der Waals surface area contributed by atoms with Crippen LogP contribution in [0.4, 0.5) is 5.69 Å². The fourth-order valence-corrected chi connectivity index (χ4v) is 3.07. The van der Waals surface area contributed by atoms with Crippen LogP contribution < -0.4 is 9.62 Å². The number of halogens is 2. The van der Waals surface area contributed by atoms with Gasteiger partial charge in [-0.1, -0.05) is 30.1 Å². The van der Waals surface area contributed by atoms with Gasteiger partial charge in [0.05, 0.1) is 17.0 Å². The lowest BCUT2D eigenvalue weighted by Crippen LogP contribution is -2.35. The third kappa shape index (κ3) is 5.73. The monoisotopic (exact) mass is 352 g/mol. The zero-order valence-corrected chi connectivity index (χ0v) is 14.2. The number of carbonyl (C=O) groups excluding carboxylic acids is 1. The Labute approximate surface area is 135 Å². The molecule has 0 heterocycles. The summed E-state index contributed by atoms with van der Waals surface area (Å²) in [6, 6.07) is 4.56. The lowest BCUT2D eigenvalue weighted by molar-refractivity contribution is -0.120. The summed E-state index contributed by atoms with van der Waals surface area (Å²) >= 11 is 11.9. The van der Waals surface area contributed by atoms with Gasteiger partial charge in [0.2, 0.25) is 15.9 Å². The maximum atomic E-state index is 11.9. The Morgan fingerprint density at radius 2 is 2.00 bits per heavy atom. The number of rotatable bonds is 7. The number of benzene rings is 1. The van der Waals surface area contributed by atoms with Gasteiger partial charge in [-0.25, -0.2) is 8.42 Å². The standard InChI is InChI=1S/C13H18Cl2N2O3S/c1-3-7-16-13(18)6-8-17(21(2,19)20)12-9-10(14)4-5-11(12)15/h4-5,9H,3,6-8H2,1-2H3,(H,16,18). The fraction of sp³-hybridized carbons (Fsp3) is 0.462. The summed E-state index contributed by atoms with van der Waals surface area (Å²) in [5, 5.41) is 3.33. The maximum Gasteiger partial charge on any atom is 0.232 e. The second kappa shape index (κ2) is 7.87. The molecule has 0 radical (unpaired) electrons. The Bertz CT molecular complexity index is 605. The second-order valence-electron chi connectivity index (χ2n) is 4.53. The van der Waals surface area contributed by atoms with Crippen LogP contribution in [0.25, 0.3) is 0 Å². The quantitative estimate of drug-likeness (QED) is 0.820. The van der Waals surface area contributed by atoms with Crippen molar-refractivity contribution in [1.29, 1.82) is 0 Å². The Morgan fingerprint density at radius 3 is 2.57 bits per heavy atom. The SMILES string of the molecule is CCCNC(=O)CCN(c1cc(Cl)ccc1Cl)S(C)(=O)=O. The van der Waals surface area contributed by atoms with Crippen LogP contribution in [0.5, 0.6) is 0 Å². The van der Waals surface area contributed by atoms with E-state index in [0.29, 0.717) is 11.6 Å². The minimum atomic E-state index is -3.56. The third-order valence-corrected chi connectivity index (χ3v) is 4.43. The van der Waals surface area contributed by atoms with Crippen molar-refractivity contribution in [3.8, 4) is 0 Å². The molecular formula is C13H18Cl2N2O3S. The topological polar surface area (TPSA) is 66.5 Å². The highest BCUT2D eigenvalue weighted by molar-refractivity contribution is 7.92. The molecule has 0 aromatic heterocycles. The molecule has 5 nitrogen and oxygen atoms in total. The molecule has 0 saturated carbocycles. The Balaban J connectivity index is 2.93. The minimum Gasteiger partial charge on any atom is -0.356 e. The van der Waals surface area contributed by atoms with E-state index in [9.17, 15) is 13.2 Å². The first-order chi connectivity index (χ1) is 9.75. The number of carbonyl (C=O) groups is 1. The number of nitrogens with one attached hydrogen (secondary N) is 1. The molecular weight excluding hydrogens is 335 g/mol. The van der Waals surface area contributed by atoms with Crippen molar-refractivity contribution in [3.05, 3.63) is 28.2 Å². The molecule has 0 saturated heterocycles. The van der Waals surface area contributed by atoms with E-state index in [1.165, 1.54) is 12.1 Å². The lowest BCUT2D eigenvalue weighted by atomic mass is 10.3. The van der Waals surface area contributed by atoms with E-state index in [1.807, 2.05) is 6.92 Å². The molecule has 0 spiro atoms. The Kier molecular flexibility index (Phi) is 6.77. The first-order valence-electron chi connectivity index (χ1n) is 6.45. The van der Waals surface area contributed by atoms with Crippen molar-refractivity contribution in [2.75, 3.05) is 23.7 Å². The highest BCUT2D eigenvalue weighted by atomic mass is 35.5. The summed E-state index contributed by atoms with van der Waals surface area (Å²) in [5.41, 5.74) is 0.273. The van der Waals surface area contributed by atoms with Gasteiger partial charge in [0, 0.05) is 24.5 Å². The highest BCUT2D eigenvalue weighted by Gasteiger charge is 2.21. The molecule has 1 amide bonds. The van der Waals surface area contributed by atoms with Gasteiger partial charge in [0.15, 0.2) is 0 Å². The average Bonchev–Trinajstić information content (AvgIpc) is 2.39. The zero-order valence-electron chi connectivity index (χ0n) is 11.9. The van der Waals surface area contributed by atoms with Crippen molar-refractivity contribution in [2.45, 2.75) is 19.8 Å². The average molecular weight is 353 g/mol. The van der Waals surface area contributed by atoms with E-state index in [-0.39, 0.29) is 29.6 Å². The van der Waals surface area contributed by atoms with Gasteiger partial charge < -0.3 is 5.32 Å². The molecule has 1 aromatic carbocycles. The summed E-state index contributed by atoms with van der Waals surface area (Å²) in [6.07, 6.45) is 1.94. The van der Waals surface area contributed by atoms with Gasteiger partial charge >= 0.3 is 0 Å². The summed E-state index contributed by atoms with van der Waals surface area (Å²) in [5.74, 6) is -0.205. The van der Waals surface area contributed by atoms with E-state index in [0.717, 1.165) is 17.0 Å². The zero-order chi connectivity index (χ0) is 16.0. The molecule has 0 aliphatic rings. The summed E-state index contributed by atoms with van der Waals surface area (Å²) in [6.45, 7) is 2.51. The Hall–Kier alpha value is -0.980. The molecule has 0 atom stereocenters. The largest absolute Gasteiger partial charge is 0.356 e. The summed E-state index contributed by atoms with van der Waals surface area (Å²) in [4.78, 5) is 11.6. The lowest BCUT2D eigenvalue weighted by Gasteiger charge is -2.23. The van der Waals surface area contributed by atoms with Crippen LogP contribution in [0.3, 0.4) is 0 Å². The van der Waals surface area contributed by atoms with Crippen molar-refractivity contribution in [2.24, 2.45) is 0 Å². The first-order valence-corrected chi connectivity index (χ1v) is 9.05. The molecule has 21 heavy (non-hydrogen) atoms. The second-order valence-corrected chi connectivity index (χ2v) is 7.28. The van der Waals surface area contributed by atoms with Gasteiger partial charge in [-0.05, 0) is 24.6 Å². The number of hydrogen-bond acceptors (Lipinski definition) is 3. The van der Waals surface area contributed by atoms with Gasteiger partial charge in [-0.2, -0.15) is 0 Å². The molecule has 0 fully saturated rings. The number of nitrogens with zero attached hydrogens (tertiary/aromatic N) is 1. The predicted molar refractivity (Wildman–Crippen MR) is 86.6 cm³/mol. The van der Waals surface area contributed by atoms with Crippen molar-refractivity contribution in [3.63, 3.8) is 0 Å². The number of sulfonamides is 1. The highest BCUT2D eigenvalue weighted by Crippen LogP contribution is 2.30. The molecule has 8 heteroatoms. The van der Waals surface area contributed by atoms with Gasteiger partial charge in [-0.3, -0.25) is 9.10 Å². The third-order valence-electron chi connectivity index (χ3n) is 2.69. The van der Waals surface area contributed by atoms with E-state index >= 15 is 0 Å². The van der Waals surface area contributed by atoms with Crippen LogP contribution in [0.2, 0.25) is 10.0 Å².